The van der Waals surface area contributed by atoms with Gasteiger partial charge in [-0.3, -0.25) is 4.79 Å². The standard InChI is InChI=1S/C10H16N2O2/c1-6-8(7(2)14-12-6)11-9(13)10(3,4)5/h1-5H3,(H,11,13). The van der Waals surface area contributed by atoms with Crippen LogP contribution in [0.4, 0.5) is 5.69 Å². The molecule has 1 amide bonds. The van der Waals surface area contributed by atoms with Crippen LogP contribution in [0, 0.1) is 19.3 Å². The normalized spacial score (nSPS) is 11.5. The van der Waals surface area contributed by atoms with Gasteiger partial charge in [0.1, 0.15) is 11.4 Å². The second-order valence-corrected chi connectivity index (χ2v) is 4.40. The van der Waals surface area contributed by atoms with E-state index in [0.717, 1.165) is 0 Å². The molecule has 0 bridgehead atoms. The minimum absolute atomic E-state index is 0.0353. The van der Waals surface area contributed by atoms with Gasteiger partial charge in [-0.1, -0.05) is 25.9 Å². The number of aromatic nitrogens is 1. The van der Waals surface area contributed by atoms with Crippen molar-refractivity contribution in [3.63, 3.8) is 0 Å². The van der Waals surface area contributed by atoms with Gasteiger partial charge >= 0.3 is 0 Å². The van der Waals surface area contributed by atoms with E-state index in [2.05, 4.69) is 10.5 Å². The summed E-state index contributed by atoms with van der Waals surface area (Å²) >= 11 is 0. The average Bonchev–Trinajstić information content (AvgIpc) is 2.34. The molecule has 0 aliphatic rings. The Morgan fingerprint density at radius 1 is 1.36 bits per heavy atom. The Morgan fingerprint density at radius 3 is 2.29 bits per heavy atom. The first kappa shape index (κ1) is 10.8. The van der Waals surface area contributed by atoms with Crippen molar-refractivity contribution in [2.75, 3.05) is 5.32 Å². The number of nitrogens with one attached hydrogen (secondary N) is 1. The molecule has 4 nitrogen and oxygen atoms in total. The van der Waals surface area contributed by atoms with Crippen LogP contribution in [0.5, 0.6) is 0 Å². The summed E-state index contributed by atoms with van der Waals surface area (Å²) < 4.78 is 4.94. The lowest BCUT2D eigenvalue weighted by Gasteiger charge is -2.17. The lowest BCUT2D eigenvalue weighted by atomic mass is 9.95. The van der Waals surface area contributed by atoms with Crippen LogP contribution in [0.1, 0.15) is 32.2 Å². The Labute approximate surface area is 83.7 Å². The molecule has 1 rings (SSSR count). The van der Waals surface area contributed by atoms with Gasteiger partial charge in [-0.15, -0.1) is 0 Å². The van der Waals surface area contributed by atoms with Gasteiger partial charge in [-0.05, 0) is 13.8 Å². The highest BCUT2D eigenvalue weighted by Crippen LogP contribution is 2.22. The molecule has 1 aromatic heterocycles. The SMILES string of the molecule is Cc1noc(C)c1NC(=O)C(C)(C)C. The van der Waals surface area contributed by atoms with Gasteiger partial charge in [-0.25, -0.2) is 0 Å². The van der Waals surface area contributed by atoms with E-state index in [0.29, 0.717) is 17.1 Å². The zero-order chi connectivity index (χ0) is 10.9. The molecule has 1 aromatic rings. The minimum Gasteiger partial charge on any atom is -0.359 e. The summed E-state index contributed by atoms with van der Waals surface area (Å²) in [5, 5.41) is 6.56. The number of carbonyl (C=O) groups excluding carboxylic acids is 1. The maximum absolute atomic E-state index is 11.7. The molecule has 0 saturated carbocycles. The summed E-state index contributed by atoms with van der Waals surface area (Å²) in [6.45, 7) is 9.16. The van der Waals surface area contributed by atoms with Gasteiger partial charge in [0.2, 0.25) is 5.91 Å². The predicted molar refractivity (Wildman–Crippen MR) is 54.1 cm³/mol. The highest BCUT2D eigenvalue weighted by Gasteiger charge is 2.23. The molecule has 0 atom stereocenters. The Morgan fingerprint density at radius 2 is 1.93 bits per heavy atom. The molecule has 0 aromatic carbocycles. The molecule has 0 radical (unpaired) electrons. The van der Waals surface area contributed by atoms with E-state index in [1.165, 1.54) is 0 Å². The summed E-state index contributed by atoms with van der Waals surface area (Å²) in [6.07, 6.45) is 0. The summed E-state index contributed by atoms with van der Waals surface area (Å²) in [6, 6.07) is 0. The Bertz CT molecular complexity index is 328. The van der Waals surface area contributed by atoms with Gasteiger partial charge in [0.25, 0.3) is 0 Å². The second kappa shape index (κ2) is 3.44. The quantitative estimate of drug-likeness (QED) is 0.749. The molecule has 78 valence electrons. The molecule has 1 heterocycles. The Hall–Kier alpha value is -1.32. The van der Waals surface area contributed by atoms with Crippen LogP contribution in [-0.4, -0.2) is 11.1 Å². The fraction of sp³-hybridized carbons (Fsp3) is 0.600. The lowest BCUT2D eigenvalue weighted by molar-refractivity contribution is -0.123. The second-order valence-electron chi connectivity index (χ2n) is 4.40. The van der Waals surface area contributed by atoms with E-state index in [1.807, 2.05) is 20.8 Å². The summed E-state index contributed by atoms with van der Waals surface area (Å²) in [5.41, 5.74) is 0.987. The molecule has 0 aliphatic carbocycles. The number of hydrogen-bond donors (Lipinski definition) is 1. The molecule has 0 aliphatic heterocycles. The molecule has 0 fully saturated rings. The molecule has 4 heteroatoms. The maximum Gasteiger partial charge on any atom is 0.229 e. The van der Waals surface area contributed by atoms with Crippen molar-refractivity contribution in [1.82, 2.24) is 5.16 Å². The Balaban J connectivity index is 2.85. The zero-order valence-electron chi connectivity index (χ0n) is 9.26. The maximum atomic E-state index is 11.7. The molecule has 1 N–H and O–H groups in total. The van der Waals surface area contributed by atoms with E-state index in [1.54, 1.807) is 13.8 Å². The largest absolute Gasteiger partial charge is 0.359 e. The van der Waals surface area contributed by atoms with Crippen molar-refractivity contribution in [3.8, 4) is 0 Å². The van der Waals surface area contributed by atoms with Crippen LogP contribution < -0.4 is 5.32 Å². The van der Waals surface area contributed by atoms with Crippen molar-refractivity contribution in [2.24, 2.45) is 5.41 Å². The van der Waals surface area contributed by atoms with Gasteiger partial charge in [0, 0.05) is 5.41 Å². The van der Waals surface area contributed by atoms with Crippen LogP contribution in [0.2, 0.25) is 0 Å². The summed E-state index contributed by atoms with van der Waals surface area (Å²) in [5.74, 6) is 0.604. The third kappa shape index (κ3) is 2.13. The fourth-order valence-electron chi connectivity index (χ4n) is 0.962. The number of aryl methyl sites for hydroxylation is 2. The van der Waals surface area contributed by atoms with Gasteiger partial charge in [0.05, 0.1) is 0 Å². The number of carbonyl (C=O) groups is 1. The molecule has 0 unspecified atom stereocenters. The molecule has 0 spiro atoms. The smallest absolute Gasteiger partial charge is 0.229 e. The van der Waals surface area contributed by atoms with Gasteiger partial charge in [-0.2, -0.15) is 0 Å². The summed E-state index contributed by atoms with van der Waals surface area (Å²) in [4.78, 5) is 11.7. The van der Waals surface area contributed by atoms with Crippen LogP contribution in [0.25, 0.3) is 0 Å². The van der Waals surface area contributed by atoms with Crippen molar-refractivity contribution < 1.29 is 9.32 Å². The van der Waals surface area contributed by atoms with Gasteiger partial charge in [0.15, 0.2) is 5.76 Å². The van der Waals surface area contributed by atoms with Crippen LogP contribution in [-0.2, 0) is 4.79 Å². The first-order valence-corrected chi connectivity index (χ1v) is 4.56. The highest BCUT2D eigenvalue weighted by molar-refractivity contribution is 5.95. The van der Waals surface area contributed by atoms with E-state index < -0.39 is 5.41 Å². The van der Waals surface area contributed by atoms with E-state index in [4.69, 9.17) is 4.52 Å². The first-order valence-electron chi connectivity index (χ1n) is 4.56. The minimum atomic E-state index is -0.407. The number of nitrogens with zero attached hydrogens (tertiary/aromatic N) is 1. The molecule has 0 saturated heterocycles. The predicted octanol–water partition coefficient (Wildman–Crippen LogP) is 2.28. The van der Waals surface area contributed by atoms with Crippen molar-refractivity contribution in [2.45, 2.75) is 34.6 Å². The number of hydrogen-bond acceptors (Lipinski definition) is 3. The number of rotatable bonds is 1. The third-order valence-corrected chi connectivity index (χ3v) is 1.95. The summed E-state index contributed by atoms with van der Waals surface area (Å²) in [7, 11) is 0. The van der Waals surface area contributed by atoms with Crippen molar-refractivity contribution >= 4 is 11.6 Å². The fourth-order valence-corrected chi connectivity index (χ4v) is 0.962. The van der Waals surface area contributed by atoms with E-state index >= 15 is 0 Å². The Kier molecular flexibility index (Phi) is 2.64. The molecule has 14 heavy (non-hydrogen) atoms. The lowest BCUT2D eigenvalue weighted by Crippen LogP contribution is -2.28. The van der Waals surface area contributed by atoms with Crippen LogP contribution in [0.15, 0.2) is 4.52 Å². The van der Waals surface area contributed by atoms with Gasteiger partial charge < -0.3 is 9.84 Å². The zero-order valence-corrected chi connectivity index (χ0v) is 9.26. The van der Waals surface area contributed by atoms with E-state index in [9.17, 15) is 4.79 Å². The van der Waals surface area contributed by atoms with Crippen molar-refractivity contribution in [1.29, 1.82) is 0 Å². The molecular formula is C10H16N2O2. The third-order valence-electron chi connectivity index (χ3n) is 1.95. The van der Waals surface area contributed by atoms with E-state index in [-0.39, 0.29) is 5.91 Å². The number of anilines is 1. The molecular weight excluding hydrogens is 180 g/mol. The average molecular weight is 196 g/mol. The van der Waals surface area contributed by atoms with Crippen molar-refractivity contribution in [3.05, 3.63) is 11.5 Å². The monoisotopic (exact) mass is 196 g/mol. The van der Waals surface area contributed by atoms with Crippen LogP contribution in [0.3, 0.4) is 0 Å². The first-order chi connectivity index (χ1) is 6.32. The number of amides is 1. The van der Waals surface area contributed by atoms with Crippen LogP contribution >= 0.6 is 0 Å². The topological polar surface area (TPSA) is 55.1 Å². The highest BCUT2D eigenvalue weighted by atomic mass is 16.5.